The number of ether oxygens (including phenoxy) is 1. The first-order chi connectivity index (χ1) is 13.2. The van der Waals surface area contributed by atoms with E-state index in [4.69, 9.17) is 4.74 Å². The number of amides is 1. The minimum atomic E-state index is -3.57. The third-order valence-electron chi connectivity index (χ3n) is 5.02. The Labute approximate surface area is 165 Å². The third-order valence-corrected chi connectivity index (χ3v) is 7.67. The van der Waals surface area contributed by atoms with Gasteiger partial charge in [-0.05, 0) is 63.8 Å². The Morgan fingerprint density at radius 1 is 1.29 bits per heavy atom. The molecule has 28 heavy (non-hydrogen) atoms. The lowest BCUT2D eigenvalue weighted by molar-refractivity contribution is -0.117. The lowest BCUT2D eigenvalue weighted by atomic mass is 10.2. The van der Waals surface area contributed by atoms with Crippen molar-refractivity contribution >= 4 is 21.7 Å². The Bertz CT molecular complexity index is 960. The topological polar surface area (TPSA) is 103 Å². The summed E-state index contributed by atoms with van der Waals surface area (Å²) >= 11 is 0. The van der Waals surface area contributed by atoms with Gasteiger partial charge in [-0.25, -0.2) is 13.1 Å². The smallest absolute Gasteiger partial charge is 0.249 e. The van der Waals surface area contributed by atoms with Gasteiger partial charge in [0.2, 0.25) is 11.9 Å². The number of nitrogens with one attached hydrogen (secondary N) is 1. The summed E-state index contributed by atoms with van der Waals surface area (Å²) in [5.74, 6) is 0.995. The van der Waals surface area contributed by atoms with Crippen LogP contribution in [0.1, 0.15) is 33.6 Å². The molecule has 2 aromatic rings. The first-order valence-electron chi connectivity index (χ1n) is 9.31. The van der Waals surface area contributed by atoms with Crippen LogP contribution in [0, 0.1) is 5.92 Å². The third kappa shape index (κ3) is 4.04. The number of benzene rings is 1. The van der Waals surface area contributed by atoms with Crippen molar-refractivity contribution in [3.8, 4) is 17.1 Å². The fourth-order valence-electron chi connectivity index (χ4n) is 2.77. The highest BCUT2D eigenvalue weighted by molar-refractivity contribution is 7.93. The second-order valence-electron chi connectivity index (χ2n) is 7.49. The van der Waals surface area contributed by atoms with Crippen LogP contribution in [0.3, 0.4) is 0 Å². The number of rotatable bonds is 8. The van der Waals surface area contributed by atoms with E-state index in [1.165, 1.54) is 13.8 Å². The molecule has 8 nitrogen and oxygen atoms in total. The van der Waals surface area contributed by atoms with Gasteiger partial charge in [0.25, 0.3) is 0 Å². The average Bonchev–Trinajstić information content (AvgIpc) is 3.37. The van der Waals surface area contributed by atoms with E-state index >= 15 is 0 Å². The Balaban J connectivity index is 1.82. The minimum absolute atomic E-state index is 0.0430. The number of hydrogen-bond donors (Lipinski definition) is 1. The summed E-state index contributed by atoms with van der Waals surface area (Å²) in [5.41, 5.74) is 0.816. The molecule has 1 aromatic carbocycles. The molecule has 0 spiro atoms. The lowest BCUT2D eigenvalue weighted by Crippen LogP contribution is -2.46. The van der Waals surface area contributed by atoms with E-state index in [9.17, 15) is 13.2 Å². The van der Waals surface area contributed by atoms with Gasteiger partial charge in [-0.2, -0.15) is 4.98 Å². The Morgan fingerprint density at radius 2 is 1.93 bits per heavy atom. The first-order valence-corrected chi connectivity index (χ1v) is 11.0. The molecule has 0 aliphatic heterocycles. The molecular weight excluding hydrogens is 380 g/mol. The van der Waals surface area contributed by atoms with Crippen molar-refractivity contribution < 1.29 is 17.9 Å². The largest absolute Gasteiger partial charge is 0.497 e. The number of hydrogen-bond acceptors (Lipinski definition) is 6. The summed E-state index contributed by atoms with van der Waals surface area (Å²) in [6.45, 7) is 5.33. The highest BCUT2D eigenvalue weighted by Gasteiger charge is 2.44. The zero-order chi connectivity index (χ0) is 20.5. The molecule has 0 bridgehead atoms. The number of methoxy groups -OCH3 is 1. The Morgan fingerprint density at radius 3 is 2.46 bits per heavy atom. The SMILES string of the molecule is CCn1nc(NC(=O)C(C)(C)S(=O)(=O)CC2CC2)nc1-c1ccc(OC)cc1. The molecule has 1 saturated carbocycles. The normalized spacial score (nSPS) is 14.7. The zero-order valence-electron chi connectivity index (χ0n) is 16.6. The predicted molar refractivity (Wildman–Crippen MR) is 107 cm³/mol. The van der Waals surface area contributed by atoms with E-state index in [2.05, 4.69) is 15.4 Å². The minimum Gasteiger partial charge on any atom is -0.497 e. The quantitative estimate of drug-likeness (QED) is 0.722. The molecule has 1 heterocycles. The molecule has 1 fully saturated rings. The van der Waals surface area contributed by atoms with Crippen LogP contribution in [-0.2, 0) is 21.2 Å². The second-order valence-corrected chi connectivity index (χ2v) is 10.1. The van der Waals surface area contributed by atoms with Gasteiger partial charge >= 0.3 is 0 Å². The predicted octanol–water partition coefficient (Wildman–Crippen LogP) is 2.52. The van der Waals surface area contributed by atoms with Gasteiger partial charge < -0.3 is 4.74 Å². The van der Waals surface area contributed by atoms with Crippen LogP contribution in [0.2, 0.25) is 0 Å². The highest BCUT2D eigenvalue weighted by atomic mass is 32.2. The summed E-state index contributed by atoms with van der Waals surface area (Å²) in [6, 6.07) is 7.33. The van der Waals surface area contributed by atoms with Crippen LogP contribution in [0.15, 0.2) is 24.3 Å². The van der Waals surface area contributed by atoms with E-state index in [-0.39, 0.29) is 17.6 Å². The van der Waals surface area contributed by atoms with Crippen molar-refractivity contribution in [3.63, 3.8) is 0 Å². The van der Waals surface area contributed by atoms with Crippen molar-refractivity contribution in [2.24, 2.45) is 5.92 Å². The molecule has 1 aliphatic carbocycles. The van der Waals surface area contributed by atoms with Crippen molar-refractivity contribution in [2.45, 2.75) is 44.9 Å². The maximum atomic E-state index is 12.7. The van der Waals surface area contributed by atoms with Crippen LogP contribution in [-0.4, -0.2) is 46.7 Å². The van der Waals surface area contributed by atoms with Gasteiger partial charge in [0.05, 0.1) is 12.9 Å². The maximum Gasteiger partial charge on any atom is 0.249 e. The van der Waals surface area contributed by atoms with Crippen molar-refractivity contribution in [2.75, 3.05) is 18.2 Å². The molecule has 1 amide bonds. The highest BCUT2D eigenvalue weighted by Crippen LogP contribution is 2.34. The summed E-state index contributed by atoms with van der Waals surface area (Å²) in [6.07, 6.45) is 1.81. The van der Waals surface area contributed by atoms with Gasteiger partial charge in [-0.3, -0.25) is 10.1 Å². The molecule has 0 atom stereocenters. The Kier molecular flexibility index (Phi) is 5.47. The number of aryl methyl sites for hydroxylation is 1. The number of nitrogens with zero attached hydrogens (tertiary/aromatic N) is 3. The van der Waals surface area contributed by atoms with Gasteiger partial charge in [-0.1, -0.05) is 0 Å². The van der Waals surface area contributed by atoms with Gasteiger partial charge in [0.1, 0.15) is 10.5 Å². The summed E-state index contributed by atoms with van der Waals surface area (Å²) in [7, 11) is -1.98. The number of aromatic nitrogens is 3. The summed E-state index contributed by atoms with van der Waals surface area (Å²) < 4.78 is 30.5. The van der Waals surface area contributed by atoms with Crippen LogP contribution >= 0.6 is 0 Å². The van der Waals surface area contributed by atoms with Crippen molar-refractivity contribution in [1.29, 1.82) is 0 Å². The standard InChI is InChI=1S/C19H26N4O4S/c1-5-23-16(14-8-10-15(27-4)11-9-14)20-18(22-23)21-17(24)19(2,3)28(25,26)12-13-6-7-13/h8-11,13H,5-7,12H2,1-4H3,(H,21,22,24). The molecule has 1 aliphatic rings. The molecule has 1 aromatic heterocycles. The average molecular weight is 407 g/mol. The summed E-state index contributed by atoms with van der Waals surface area (Å²) in [4.78, 5) is 17.1. The molecule has 9 heteroatoms. The van der Waals surface area contributed by atoms with Crippen LogP contribution in [0.4, 0.5) is 5.95 Å². The molecule has 0 unspecified atom stereocenters. The molecule has 0 saturated heterocycles. The van der Waals surface area contributed by atoms with Crippen molar-refractivity contribution in [3.05, 3.63) is 24.3 Å². The van der Waals surface area contributed by atoms with Gasteiger partial charge in [0.15, 0.2) is 15.7 Å². The molecule has 152 valence electrons. The second kappa shape index (κ2) is 7.54. The lowest BCUT2D eigenvalue weighted by Gasteiger charge is -2.22. The van der Waals surface area contributed by atoms with Crippen LogP contribution in [0.5, 0.6) is 5.75 Å². The molecule has 3 rings (SSSR count). The van der Waals surface area contributed by atoms with E-state index in [0.717, 1.165) is 24.2 Å². The molecular formula is C19H26N4O4S. The Hall–Kier alpha value is -2.42. The van der Waals surface area contributed by atoms with Crippen LogP contribution < -0.4 is 10.1 Å². The van der Waals surface area contributed by atoms with Gasteiger partial charge in [0, 0.05) is 12.1 Å². The van der Waals surface area contributed by atoms with E-state index in [0.29, 0.717) is 12.4 Å². The maximum absolute atomic E-state index is 12.7. The fraction of sp³-hybridized carbons (Fsp3) is 0.526. The fourth-order valence-corrected chi connectivity index (χ4v) is 4.47. The summed E-state index contributed by atoms with van der Waals surface area (Å²) in [5, 5.41) is 6.89. The zero-order valence-corrected chi connectivity index (χ0v) is 17.4. The number of carbonyl (C=O) groups excluding carboxylic acids is 1. The molecule has 0 radical (unpaired) electrons. The van der Waals surface area contributed by atoms with E-state index < -0.39 is 20.5 Å². The van der Waals surface area contributed by atoms with E-state index in [1.807, 2.05) is 31.2 Å². The van der Waals surface area contributed by atoms with Gasteiger partial charge in [-0.15, -0.1) is 5.10 Å². The van der Waals surface area contributed by atoms with E-state index in [1.54, 1.807) is 11.8 Å². The number of anilines is 1. The molecule has 1 N–H and O–H groups in total. The number of sulfone groups is 1. The monoisotopic (exact) mass is 406 g/mol. The first kappa shape index (κ1) is 20.3. The van der Waals surface area contributed by atoms with Crippen LogP contribution in [0.25, 0.3) is 11.4 Å². The number of carbonyl (C=O) groups is 1. The van der Waals surface area contributed by atoms with Crippen molar-refractivity contribution in [1.82, 2.24) is 14.8 Å².